The second-order valence-electron chi connectivity index (χ2n) is 7.58. The van der Waals surface area contributed by atoms with E-state index in [1.165, 1.54) is 6.92 Å². The van der Waals surface area contributed by atoms with E-state index >= 15 is 0 Å². The fourth-order valence-electron chi connectivity index (χ4n) is 3.19. The van der Waals surface area contributed by atoms with Crippen LogP contribution in [0.1, 0.15) is 35.0 Å². The third-order valence-corrected chi connectivity index (χ3v) is 5.03. The lowest BCUT2D eigenvalue weighted by molar-refractivity contribution is -0.141. The highest BCUT2D eigenvalue weighted by Gasteiger charge is 2.18. The lowest BCUT2D eigenvalue weighted by atomic mass is 10.0. The summed E-state index contributed by atoms with van der Waals surface area (Å²) >= 11 is 0. The molecule has 0 bridgehead atoms. The molecule has 0 aliphatic rings. The topological polar surface area (TPSA) is 64.3 Å². The van der Waals surface area contributed by atoms with Gasteiger partial charge in [0.2, 0.25) is 0 Å². The van der Waals surface area contributed by atoms with E-state index in [1.807, 2.05) is 39.0 Å². The maximum atomic E-state index is 14.5. The van der Waals surface area contributed by atoms with E-state index < -0.39 is 29.3 Å². The van der Waals surface area contributed by atoms with Gasteiger partial charge in [0.25, 0.3) is 0 Å². The minimum atomic E-state index is -1.02. The molecule has 0 aliphatic carbocycles. The van der Waals surface area contributed by atoms with E-state index in [-0.39, 0.29) is 18.6 Å². The first-order valence-corrected chi connectivity index (χ1v) is 9.62. The zero-order valence-electron chi connectivity index (χ0n) is 17.4. The molecule has 0 aliphatic heterocycles. The number of aromatic nitrogens is 2. The SMILES string of the molecule is Cc1cc(COc2c(F)cc(CC(C)C(=O)O)cc2F)n(-c2ccc(C)c(C)c2)n1. The van der Waals surface area contributed by atoms with Crippen LogP contribution in [0.2, 0.25) is 0 Å². The van der Waals surface area contributed by atoms with Gasteiger partial charge in [-0.2, -0.15) is 5.10 Å². The Morgan fingerprint density at radius 1 is 1.10 bits per heavy atom. The van der Waals surface area contributed by atoms with Gasteiger partial charge in [-0.3, -0.25) is 4.79 Å². The van der Waals surface area contributed by atoms with Gasteiger partial charge in [-0.15, -0.1) is 0 Å². The number of ether oxygens (including phenoxy) is 1. The van der Waals surface area contributed by atoms with E-state index in [2.05, 4.69) is 5.10 Å². The van der Waals surface area contributed by atoms with E-state index in [1.54, 1.807) is 10.7 Å². The van der Waals surface area contributed by atoms with Gasteiger partial charge in [-0.1, -0.05) is 13.0 Å². The number of halogens is 2. The lowest BCUT2D eigenvalue weighted by Crippen LogP contribution is -2.13. The Bertz CT molecular complexity index is 1070. The molecule has 1 aromatic heterocycles. The average Bonchev–Trinajstić information content (AvgIpc) is 3.03. The summed E-state index contributed by atoms with van der Waals surface area (Å²) in [5.41, 5.74) is 4.77. The first kappa shape index (κ1) is 21.5. The Morgan fingerprint density at radius 3 is 2.37 bits per heavy atom. The zero-order chi connectivity index (χ0) is 22.0. The Morgan fingerprint density at radius 2 is 1.77 bits per heavy atom. The summed E-state index contributed by atoms with van der Waals surface area (Å²) in [6, 6.07) is 9.94. The van der Waals surface area contributed by atoms with Crippen molar-refractivity contribution in [2.75, 3.05) is 0 Å². The Balaban J connectivity index is 1.82. The second kappa shape index (κ2) is 8.65. The highest BCUT2D eigenvalue weighted by atomic mass is 19.1. The van der Waals surface area contributed by atoms with Crippen LogP contribution in [-0.4, -0.2) is 20.9 Å². The molecule has 0 radical (unpaired) electrons. The molecule has 0 amide bonds. The van der Waals surface area contributed by atoms with Crippen molar-refractivity contribution in [1.29, 1.82) is 0 Å². The molecule has 1 atom stereocenters. The summed E-state index contributed by atoms with van der Waals surface area (Å²) in [7, 11) is 0. The van der Waals surface area contributed by atoms with Crippen LogP contribution >= 0.6 is 0 Å². The van der Waals surface area contributed by atoms with Crippen molar-refractivity contribution in [1.82, 2.24) is 9.78 Å². The minimum absolute atomic E-state index is 0.0300. The molecule has 1 N–H and O–H groups in total. The van der Waals surface area contributed by atoms with Gasteiger partial charge >= 0.3 is 5.97 Å². The number of carbonyl (C=O) groups is 1. The number of aliphatic carboxylic acids is 1. The molecule has 3 rings (SSSR count). The molecule has 0 saturated heterocycles. The van der Waals surface area contributed by atoms with Crippen molar-refractivity contribution in [3.63, 3.8) is 0 Å². The van der Waals surface area contributed by atoms with Crippen LogP contribution < -0.4 is 4.74 Å². The first-order valence-electron chi connectivity index (χ1n) is 9.62. The maximum Gasteiger partial charge on any atom is 0.306 e. The third-order valence-electron chi connectivity index (χ3n) is 5.03. The molecular weight excluding hydrogens is 390 g/mol. The molecule has 0 saturated carbocycles. The molecule has 0 spiro atoms. The largest absolute Gasteiger partial charge is 0.481 e. The highest BCUT2D eigenvalue weighted by Crippen LogP contribution is 2.26. The number of rotatable bonds is 7. The van der Waals surface area contributed by atoms with Crippen LogP contribution in [0.3, 0.4) is 0 Å². The second-order valence-corrected chi connectivity index (χ2v) is 7.58. The number of hydrogen-bond acceptors (Lipinski definition) is 3. The van der Waals surface area contributed by atoms with Crippen molar-refractivity contribution in [2.24, 2.45) is 5.92 Å². The van der Waals surface area contributed by atoms with E-state index in [4.69, 9.17) is 9.84 Å². The molecule has 1 heterocycles. The number of carboxylic acids is 1. The zero-order valence-corrected chi connectivity index (χ0v) is 17.4. The predicted molar refractivity (Wildman–Crippen MR) is 109 cm³/mol. The van der Waals surface area contributed by atoms with Crippen molar-refractivity contribution in [3.05, 3.63) is 76.1 Å². The van der Waals surface area contributed by atoms with Crippen molar-refractivity contribution < 1.29 is 23.4 Å². The summed E-state index contributed by atoms with van der Waals surface area (Å²) < 4.78 is 36.1. The number of hydrogen-bond donors (Lipinski definition) is 1. The van der Waals surface area contributed by atoms with Crippen molar-refractivity contribution in [3.8, 4) is 11.4 Å². The average molecular weight is 414 g/mol. The maximum absolute atomic E-state index is 14.5. The fourth-order valence-corrected chi connectivity index (χ4v) is 3.19. The van der Waals surface area contributed by atoms with Crippen molar-refractivity contribution in [2.45, 2.75) is 40.7 Å². The van der Waals surface area contributed by atoms with Gasteiger partial charge in [0.15, 0.2) is 17.4 Å². The number of nitrogens with zero attached hydrogens (tertiary/aromatic N) is 2. The van der Waals surface area contributed by atoms with Gasteiger partial charge in [-0.25, -0.2) is 13.5 Å². The normalized spacial score (nSPS) is 12.1. The standard InChI is InChI=1S/C23H24F2N2O3/c1-13-5-6-18(8-14(13)2)27-19(9-16(4)26-27)12-30-22-20(24)10-17(11-21(22)25)7-15(3)23(28)29/h5-6,8-11,15H,7,12H2,1-4H3,(H,28,29). The molecule has 158 valence electrons. The lowest BCUT2D eigenvalue weighted by Gasteiger charge is -2.13. The monoisotopic (exact) mass is 414 g/mol. The molecule has 30 heavy (non-hydrogen) atoms. The van der Waals surface area contributed by atoms with Gasteiger partial charge < -0.3 is 9.84 Å². The Hall–Kier alpha value is -3.22. The first-order chi connectivity index (χ1) is 14.2. The number of carboxylic acid groups (broad SMARTS) is 1. The third kappa shape index (κ3) is 4.67. The smallest absolute Gasteiger partial charge is 0.306 e. The van der Waals surface area contributed by atoms with Gasteiger partial charge in [0, 0.05) is 0 Å². The van der Waals surface area contributed by atoms with Gasteiger partial charge in [-0.05, 0) is 74.2 Å². The van der Waals surface area contributed by atoms with Crippen LogP contribution in [0, 0.1) is 38.3 Å². The van der Waals surface area contributed by atoms with Crippen LogP contribution in [0.5, 0.6) is 5.75 Å². The van der Waals surface area contributed by atoms with Crippen LogP contribution in [0.4, 0.5) is 8.78 Å². The Labute approximate surface area is 173 Å². The number of aryl methyl sites for hydroxylation is 3. The molecule has 5 nitrogen and oxygen atoms in total. The quantitative estimate of drug-likeness (QED) is 0.596. The number of benzene rings is 2. The fraction of sp³-hybridized carbons (Fsp3) is 0.304. The predicted octanol–water partition coefficient (Wildman–Crippen LogP) is 4.92. The summed E-state index contributed by atoms with van der Waals surface area (Å²) in [6.07, 6.45) is 0.0300. The Kier molecular flexibility index (Phi) is 6.20. The van der Waals surface area contributed by atoms with Crippen molar-refractivity contribution >= 4 is 5.97 Å². The summed E-state index contributed by atoms with van der Waals surface area (Å²) in [6.45, 7) is 7.26. The molecule has 1 unspecified atom stereocenters. The van der Waals surface area contributed by atoms with E-state index in [0.717, 1.165) is 34.6 Å². The minimum Gasteiger partial charge on any atom is -0.481 e. The molecular formula is C23H24F2N2O3. The summed E-state index contributed by atoms with van der Waals surface area (Å²) in [5, 5.41) is 13.4. The molecule has 3 aromatic rings. The van der Waals surface area contributed by atoms with Crippen LogP contribution in [-0.2, 0) is 17.8 Å². The highest BCUT2D eigenvalue weighted by molar-refractivity contribution is 5.69. The van der Waals surface area contributed by atoms with Gasteiger partial charge in [0.1, 0.15) is 6.61 Å². The molecule has 7 heteroatoms. The molecule has 0 fully saturated rings. The van der Waals surface area contributed by atoms with Gasteiger partial charge in [0.05, 0.1) is 23.0 Å². The van der Waals surface area contributed by atoms with E-state index in [0.29, 0.717) is 5.69 Å². The summed E-state index contributed by atoms with van der Waals surface area (Å²) in [5.74, 6) is -3.99. The van der Waals surface area contributed by atoms with E-state index in [9.17, 15) is 13.6 Å². The van der Waals surface area contributed by atoms with Crippen LogP contribution in [0.15, 0.2) is 36.4 Å². The summed E-state index contributed by atoms with van der Waals surface area (Å²) in [4.78, 5) is 11.0. The molecule has 2 aromatic carbocycles. The van der Waals surface area contributed by atoms with Crippen LogP contribution in [0.25, 0.3) is 5.69 Å².